The molecule has 2 aromatic carbocycles. The summed E-state index contributed by atoms with van der Waals surface area (Å²) in [6.45, 7) is 0. The third-order valence-corrected chi connectivity index (χ3v) is 2.97. The molecular weight excluding hydrogens is 260 g/mol. The highest BCUT2D eigenvalue weighted by atomic mass is 35.5. The lowest BCUT2D eigenvalue weighted by Gasteiger charge is -1.92. The van der Waals surface area contributed by atoms with E-state index in [0.717, 1.165) is 16.1 Å². The molecule has 0 spiro atoms. The number of anilines is 1. The molecule has 0 fully saturated rings. The molecule has 0 saturated carbocycles. The average Bonchev–Trinajstić information content (AvgIpc) is 2.80. The van der Waals surface area contributed by atoms with E-state index >= 15 is 0 Å². The van der Waals surface area contributed by atoms with E-state index in [1.807, 2.05) is 42.5 Å². The van der Waals surface area contributed by atoms with E-state index in [1.165, 1.54) is 0 Å². The molecule has 0 radical (unpaired) electrons. The number of benzene rings is 2. The van der Waals surface area contributed by atoms with E-state index < -0.39 is 0 Å². The van der Waals surface area contributed by atoms with Crippen molar-refractivity contribution in [3.8, 4) is 0 Å². The van der Waals surface area contributed by atoms with Crippen LogP contribution in [0.5, 0.6) is 0 Å². The molecule has 0 amide bonds. The van der Waals surface area contributed by atoms with Gasteiger partial charge in [-0.25, -0.2) is 4.98 Å². The molecule has 94 valence electrons. The van der Waals surface area contributed by atoms with Crippen LogP contribution in [-0.2, 0) is 0 Å². The lowest BCUT2D eigenvalue weighted by Crippen LogP contribution is -1.81. The SMILES string of the molecule is Nc1ccc2nc(/C=C/c3ccc(Cl)cc3)oc2c1. The quantitative estimate of drug-likeness (QED) is 0.709. The van der Waals surface area contributed by atoms with Crippen LogP contribution in [0.25, 0.3) is 23.3 Å². The molecule has 19 heavy (non-hydrogen) atoms. The molecule has 4 heteroatoms. The number of nitrogens with zero attached hydrogens (tertiary/aromatic N) is 1. The molecule has 0 aliphatic carbocycles. The number of hydrogen-bond acceptors (Lipinski definition) is 3. The molecule has 1 heterocycles. The largest absolute Gasteiger partial charge is 0.437 e. The Balaban J connectivity index is 1.90. The highest BCUT2D eigenvalue weighted by molar-refractivity contribution is 6.30. The molecule has 3 rings (SSSR count). The maximum Gasteiger partial charge on any atom is 0.220 e. The van der Waals surface area contributed by atoms with Gasteiger partial charge in [-0.3, -0.25) is 0 Å². The van der Waals surface area contributed by atoms with Crippen molar-refractivity contribution in [3.05, 3.63) is 58.9 Å². The Labute approximate surface area is 115 Å². The fourth-order valence-electron chi connectivity index (χ4n) is 1.77. The Bertz CT molecular complexity index is 744. The Kier molecular flexibility index (Phi) is 2.97. The first-order valence-corrected chi connectivity index (χ1v) is 6.18. The summed E-state index contributed by atoms with van der Waals surface area (Å²) in [5, 5.41) is 0.717. The van der Waals surface area contributed by atoms with E-state index in [9.17, 15) is 0 Å². The third-order valence-electron chi connectivity index (χ3n) is 2.72. The van der Waals surface area contributed by atoms with E-state index in [4.69, 9.17) is 21.8 Å². The number of halogens is 1. The highest BCUT2D eigenvalue weighted by Gasteiger charge is 2.02. The van der Waals surface area contributed by atoms with Gasteiger partial charge in [0, 0.05) is 22.9 Å². The summed E-state index contributed by atoms with van der Waals surface area (Å²) in [6.07, 6.45) is 3.74. The number of nitrogens with two attached hydrogens (primary N) is 1. The predicted molar refractivity (Wildman–Crippen MR) is 78.8 cm³/mol. The van der Waals surface area contributed by atoms with Gasteiger partial charge in [-0.1, -0.05) is 23.7 Å². The summed E-state index contributed by atoms with van der Waals surface area (Å²) in [4.78, 5) is 4.35. The predicted octanol–water partition coefficient (Wildman–Crippen LogP) is 4.23. The zero-order valence-electron chi connectivity index (χ0n) is 10.0. The van der Waals surface area contributed by atoms with Crippen LogP contribution in [0, 0.1) is 0 Å². The van der Waals surface area contributed by atoms with Crippen molar-refractivity contribution in [3.63, 3.8) is 0 Å². The van der Waals surface area contributed by atoms with Gasteiger partial charge in [-0.15, -0.1) is 0 Å². The van der Waals surface area contributed by atoms with Gasteiger partial charge in [0.2, 0.25) is 5.89 Å². The lowest BCUT2D eigenvalue weighted by atomic mass is 10.2. The van der Waals surface area contributed by atoms with Crippen LogP contribution in [0.15, 0.2) is 46.9 Å². The molecule has 0 saturated heterocycles. The van der Waals surface area contributed by atoms with Crippen molar-refractivity contribution in [1.82, 2.24) is 4.98 Å². The number of nitrogen functional groups attached to an aromatic ring is 1. The standard InChI is InChI=1S/C15H11ClN2O/c16-11-4-1-10(2-5-11)3-8-15-18-13-7-6-12(17)9-14(13)19-15/h1-9H,17H2/b8-3+. The van der Waals surface area contributed by atoms with Gasteiger partial charge in [0.15, 0.2) is 5.58 Å². The van der Waals surface area contributed by atoms with Crippen LogP contribution in [0.4, 0.5) is 5.69 Å². The van der Waals surface area contributed by atoms with Gasteiger partial charge in [-0.05, 0) is 35.9 Å². The van der Waals surface area contributed by atoms with E-state index in [2.05, 4.69) is 4.98 Å². The van der Waals surface area contributed by atoms with Gasteiger partial charge < -0.3 is 10.2 Å². The first-order chi connectivity index (χ1) is 9.20. The molecule has 0 atom stereocenters. The minimum atomic E-state index is 0.551. The second kappa shape index (κ2) is 4.78. The minimum Gasteiger partial charge on any atom is -0.437 e. The molecule has 3 nitrogen and oxygen atoms in total. The van der Waals surface area contributed by atoms with Crippen LogP contribution < -0.4 is 5.73 Å². The first kappa shape index (κ1) is 11.8. The summed E-state index contributed by atoms with van der Waals surface area (Å²) in [7, 11) is 0. The van der Waals surface area contributed by atoms with Crippen molar-refractivity contribution < 1.29 is 4.42 Å². The van der Waals surface area contributed by atoms with Gasteiger partial charge in [0.1, 0.15) is 5.52 Å². The average molecular weight is 271 g/mol. The molecule has 0 bridgehead atoms. The zero-order chi connectivity index (χ0) is 13.2. The number of oxazole rings is 1. The van der Waals surface area contributed by atoms with Crippen LogP contribution in [0.1, 0.15) is 11.5 Å². The highest BCUT2D eigenvalue weighted by Crippen LogP contribution is 2.20. The summed E-state index contributed by atoms with van der Waals surface area (Å²) >= 11 is 5.83. The molecule has 0 aliphatic heterocycles. The molecule has 3 aromatic rings. The molecule has 0 unspecified atom stereocenters. The number of hydrogen-bond donors (Lipinski definition) is 1. The topological polar surface area (TPSA) is 52.0 Å². The van der Waals surface area contributed by atoms with Crippen molar-refractivity contribution in [2.75, 3.05) is 5.73 Å². The van der Waals surface area contributed by atoms with Crippen molar-refractivity contribution >= 4 is 40.5 Å². The normalized spacial score (nSPS) is 11.4. The molecular formula is C15H11ClN2O. The van der Waals surface area contributed by atoms with Gasteiger partial charge in [0.25, 0.3) is 0 Å². The van der Waals surface area contributed by atoms with Crippen LogP contribution in [-0.4, -0.2) is 4.98 Å². The van der Waals surface area contributed by atoms with Gasteiger partial charge in [-0.2, -0.15) is 0 Å². The fourth-order valence-corrected chi connectivity index (χ4v) is 1.90. The number of rotatable bonds is 2. The van der Waals surface area contributed by atoms with Gasteiger partial charge >= 0.3 is 0 Å². The van der Waals surface area contributed by atoms with Crippen LogP contribution in [0.3, 0.4) is 0 Å². The summed E-state index contributed by atoms with van der Waals surface area (Å²) in [5.41, 5.74) is 8.88. The fraction of sp³-hybridized carbons (Fsp3) is 0. The molecule has 0 aliphatic rings. The second-order valence-electron chi connectivity index (χ2n) is 4.16. The molecule has 1 aromatic heterocycles. The Hall–Kier alpha value is -2.26. The zero-order valence-corrected chi connectivity index (χ0v) is 10.8. The summed E-state index contributed by atoms with van der Waals surface area (Å²) in [5.74, 6) is 0.551. The first-order valence-electron chi connectivity index (χ1n) is 5.80. The minimum absolute atomic E-state index is 0.551. The number of aromatic nitrogens is 1. The van der Waals surface area contributed by atoms with E-state index in [-0.39, 0.29) is 0 Å². The maximum atomic E-state index is 5.83. The van der Waals surface area contributed by atoms with E-state index in [0.29, 0.717) is 17.2 Å². The maximum absolute atomic E-state index is 5.83. The summed E-state index contributed by atoms with van der Waals surface area (Å²) < 4.78 is 5.59. The monoisotopic (exact) mass is 270 g/mol. The van der Waals surface area contributed by atoms with Crippen LogP contribution >= 0.6 is 11.6 Å². The lowest BCUT2D eigenvalue weighted by molar-refractivity contribution is 0.590. The Morgan fingerprint density at radius 1 is 1.05 bits per heavy atom. The van der Waals surface area contributed by atoms with Crippen LogP contribution in [0.2, 0.25) is 5.02 Å². The molecule has 2 N–H and O–H groups in total. The Morgan fingerprint density at radius 3 is 2.63 bits per heavy atom. The van der Waals surface area contributed by atoms with Crippen molar-refractivity contribution in [1.29, 1.82) is 0 Å². The Morgan fingerprint density at radius 2 is 1.84 bits per heavy atom. The van der Waals surface area contributed by atoms with Gasteiger partial charge in [0.05, 0.1) is 0 Å². The third kappa shape index (κ3) is 2.61. The summed E-state index contributed by atoms with van der Waals surface area (Å²) in [6, 6.07) is 13.0. The smallest absolute Gasteiger partial charge is 0.220 e. The van der Waals surface area contributed by atoms with Crippen molar-refractivity contribution in [2.24, 2.45) is 0 Å². The van der Waals surface area contributed by atoms with Crippen molar-refractivity contribution in [2.45, 2.75) is 0 Å². The second-order valence-corrected chi connectivity index (χ2v) is 4.60. The number of fused-ring (bicyclic) bond motifs is 1. The van der Waals surface area contributed by atoms with E-state index in [1.54, 1.807) is 12.1 Å².